The van der Waals surface area contributed by atoms with Gasteiger partial charge >= 0.3 is 6.03 Å². The summed E-state index contributed by atoms with van der Waals surface area (Å²) in [5.74, 6) is 2.86. The smallest absolute Gasteiger partial charge is 0.323 e. The van der Waals surface area contributed by atoms with Crippen molar-refractivity contribution in [2.45, 2.75) is 18.8 Å². The molecule has 0 saturated heterocycles. The first-order chi connectivity index (χ1) is 14.1. The molecule has 4 rings (SSSR count). The number of ether oxygens (including phenoxy) is 3. The van der Waals surface area contributed by atoms with E-state index in [-0.39, 0.29) is 0 Å². The van der Waals surface area contributed by atoms with Gasteiger partial charge in [0.05, 0.1) is 32.7 Å². The molecule has 0 unspecified atom stereocenters. The molecule has 29 heavy (non-hydrogen) atoms. The summed E-state index contributed by atoms with van der Waals surface area (Å²) in [6.45, 7) is 0. The summed E-state index contributed by atoms with van der Waals surface area (Å²) < 4.78 is 21.3. The standard InChI is InChI=1S/C19H20N4O5S/c1-25-13-8-11(9-14(26-2)15(13)27-3)20-19(24)21-12-6-7-29-16(12)18-22-17(23-28-18)10-4-5-10/h6-10H,4-5H2,1-3H3,(H2,20,21,24). The number of rotatable bonds is 7. The second-order valence-corrected chi connectivity index (χ2v) is 7.30. The number of benzene rings is 1. The molecule has 9 nitrogen and oxygen atoms in total. The Morgan fingerprint density at radius 3 is 2.48 bits per heavy atom. The van der Waals surface area contributed by atoms with Gasteiger partial charge < -0.3 is 29.4 Å². The van der Waals surface area contributed by atoms with E-state index in [1.165, 1.54) is 32.7 Å². The summed E-state index contributed by atoms with van der Waals surface area (Å²) in [7, 11) is 4.54. The van der Waals surface area contributed by atoms with E-state index in [1.54, 1.807) is 18.2 Å². The van der Waals surface area contributed by atoms with Crippen LogP contribution in [-0.4, -0.2) is 37.5 Å². The predicted octanol–water partition coefficient (Wildman–Crippen LogP) is 4.35. The summed E-state index contributed by atoms with van der Waals surface area (Å²) in [5, 5.41) is 11.5. The molecule has 3 aromatic rings. The average Bonchev–Trinajstić information content (AvgIpc) is 3.28. The number of nitrogens with zero attached hydrogens (tertiary/aromatic N) is 2. The third-order valence-corrected chi connectivity index (χ3v) is 5.32. The van der Waals surface area contributed by atoms with Gasteiger partial charge in [0.2, 0.25) is 5.75 Å². The van der Waals surface area contributed by atoms with Crippen LogP contribution in [0.4, 0.5) is 16.2 Å². The number of nitrogens with one attached hydrogen (secondary N) is 2. The quantitative estimate of drug-likeness (QED) is 0.590. The van der Waals surface area contributed by atoms with Crippen LogP contribution < -0.4 is 24.8 Å². The van der Waals surface area contributed by atoms with Crippen molar-refractivity contribution in [2.75, 3.05) is 32.0 Å². The molecule has 0 radical (unpaired) electrons. The third-order valence-electron chi connectivity index (χ3n) is 4.41. The number of hydrogen-bond donors (Lipinski definition) is 2. The zero-order chi connectivity index (χ0) is 20.4. The molecule has 0 atom stereocenters. The molecule has 1 fully saturated rings. The Labute approximate surface area is 171 Å². The minimum absolute atomic E-state index is 0.396. The van der Waals surface area contributed by atoms with Gasteiger partial charge in [-0.15, -0.1) is 11.3 Å². The lowest BCUT2D eigenvalue weighted by atomic mass is 10.2. The molecule has 2 amide bonds. The Kier molecular flexibility index (Phi) is 5.26. The van der Waals surface area contributed by atoms with Gasteiger partial charge in [-0.1, -0.05) is 5.16 Å². The van der Waals surface area contributed by atoms with Gasteiger partial charge in [-0.3, -0.25) is 0 Å². The Morgan fingerprint density at radius 1 is 1.14 bits per heavy atom. The minimum atomic E-state index is -0.430. The fourth-order valence-electron chi connectivity index (χ4n) is 2.85. The highest BCUT2D eigenvalue weighted by Crippen LogP contribution is 2.41. The number of carbonyl (C=O) groups is 1. The molecule has 2 heterocycles. The zero-order valence-corrected chi connectivity index (χ0v) is 17.0. The SMILES string of the molecule is COc1cc(NC(=O)Nc2ccsc2-c2nc(C3CC3)no2)cc(OC)c1OC. The van der Waals surface area contributed by atoms with Crippen molar-refractivity contribution in [2.24, 2.45) is 0 Å². The van der Waals surface area contributed by atoms with E-state index < -0.39 is 6.03 Å². The molecule has 2 N–H and O–H groups in total. The van der Waals surface area contributed by atoms with Gasteiger partial charge in [-0.05, 0) is 24.3 Å². The van der Waals surface area contributed by atoms with Crippen LogP contribution in [0.25, 0.3) is 10.8 Å². The number of thiophene rings is 1. The number of urea groups is 1. The molecule has 152 valence electrons. The molecule has 1 aliphatic rings. The third kappa shape index (κ3) is 3.97. The Morgan fingerprint density at radius 2 is 1.86 bits per heavy atom. The highest BCUT2D eigenvalue weighted by atomic mass is 32.1. The molecule has 0 aliphatic heterocycles. The molecule has 0 spiro atoms. The summed E-state index contributed by atoms with van der Waals surface area (Å²) in [4.78, 5) is 17.7. The fraction of sp³-hybridized carbons (Fsp3) is 0.316. The van der Waals surface area contributed by atoms with Crippen LogP contribution in [0.3, 0.4) is 0 Å². The summed E-state index contributed by atoms with van der Waals surface area (Å²) in [6.07, 6.45) is 2.18. The maximum absolute atomic E-state index is 12.5. The van der Waals surface area contributed by atoms with Crippen molar-refractivity contribution in [1.82, 2.24) is 10.1 Å². The maximum atomic E-state index is 12.5. The van der Waals surface area contributed by atoms with Gasteiger partial charge in [0, 0.05) is 18.1 Å². The number of aromatic nitrogens is 2. The van der Waals surface area contributed by atoms with E-state index in [0.717, 1.165) is 18.7 Å². The lowest BCUT2D eigenvalue weighted by molar-refractivity contribution is 0.262. The van der Waals surface area contributed by atoms with Gasteiger partial charge in [0.15, 0.2) is 17.3 Å². The molecule has 1 aromatic carbocycles. The minimum Gasteiger partial charge on any atom is -0.493 e. The van der Waals surface area contributed by atoms with E-state index >= 15 is 0 Å². The van der Waals surface area contributed by atoms with E-state index in [2.05, 4.69) is 20.8 Å². The van der Waals surface area contributed by atoms with Gasteiger partial charge in [0.25, 0.3) is 5.89 Å². The van der Waals surface area contributed by atoms with E-state index in [1.807, 2.05) is 5.38 Å². The van der Waals surface area contributed by atoms with Crippen LogP contribution in [0.1, 0.15) is 24.6 Å². The molecule has 1 aliphatic carbocycles. The van der Waals surface area contributed by atoms with Crippen LogP contribution in [0.15, 0.2) is 28.1 Å². The van der Waals surface area contributed by atoms with E-state index in [9.17, 15) is 4.79 Å². The molecule has 10 heteroatoms. The fourth-order valence-corrected chi connectivity index (χ4v) is 3.62. The first-order valence-corrected chi connectivity index (χ1v) is 9.80. The van der Waals surface area contributed by atoms with Crippen LogP contribution in [-0.2, 0) is 0 Å². The second-order valence-electron chi connectivity index (χ2n) is 6.39. The molecular weight excluding hydrogens is 396 g/mol. The number of carbonyl (C=O) groups excluding carboxylic acids is 1. The number of anilines is 2. The summed E-state index contributed by atoms with van der Waals surface area (Å²) in [5.41, 5.74) is 1.08. The lowest BCUT2D eigenvalue weighted by Crippen LogP contribution is -2.19. The number of methoxy groups -OCH3 is 3. The van der Waals surface area contributed by atoms with Gasteiger partial charge in [0.1, 0.15) is 4.88 Å². The van der Waals surface area contributed by atoms with Gasteiger partial charge in [-0.25, -0.2) is 4.79 Å². The largest absolute Gasteiger partial charge is 0.493 e. The Balaban J connectivity index is 1.50. The van der Waals surface area contributed by atoms with Crippen LogP contribution in [0.5, 0.6) is 17.2 Å². The molecule has 0 bridgehead atoms. The number of hydrogen-bond acceptors (Lipinski definition) is 8. The van der Waals surface area contributed by atoms with Crippen LogP contribution >= 0.6 is 11.3 Å². The van der Waals surface area contributed by atoms with Crippen molar-refractivity contribution < 1.29 is 23.5 Å². The van der Waals surface area contributed by atoms with Crippen LogP contribution in [0, 0.1) is 0 Å². The maximum Gasteiger partial charge on any atom is 0.323 e. The van der Waals surface area contributed by atoms with Crippen molar-refractivity contribution >= 4 is 28.7 Å². The van der Waals surface area contributed by atoms with Crippen molar-refractivity contribution in [1.29, 1.82) is 0 Å². The Bertz CT molecular complexity index is 1000. The van der Waals surface area contributed by atoms with Crippen molar-refractivity contribution in [3.63, 3.8) is 0 Å². The molecular formula is C19H20N4O5S. The average molecular weight is 416 g/mol. The topological polar surface area (TPSA) is 108 Å². The van der Waals surface area contributed by atoms with Crippen molar-refractivity contribution in [3.8, 4) is 28.0 Å². The Hall–Kier alpha value is -3.27. The predicted molar refractivity (Wildman–Crippen MR) is 108 cm³/mol. The first-order valence-electron chi connectivity index (χ1n) is 8.92. The zero-order valence-electron chi connectivity index (χ0n) is 16.1. The normalized spacial score (nSPS) is 13.1. The van der Waals surface area contributed by atoms with Crippen molar-refractivity contribution in [3.05, 3.63) is 29.4 Å². The van der Waals surface area contributed by atoms with Crippen LogP contribution in [0.2, 0.25) is 0 Å². The second kappa shape index (κ2) is 8.00. The first kappa shape index (κ1) is 19.1. The highest BCUT2D eigenvalue weighted by molar-refractivity contribution is 7.14. The van der Waals surface area contributed by atoms with E-state index in [0.29, 0.717) is 45.3 Å². The summed E-state index contributed by atoms with van der Waals surface area (Å²) >= 11 is 1.42. The van der Waals surface area contributed by atoms with E-state index in [4.69, 9.17) is 18.7 Å². The monoisotopic (exact) mass is 416 g/mol. The lowest BCUT2D eigenvalue weighted by Gasteiger charge is -2.14. The molecule has 2 aromatic heterocycles. The molecule has 1 saturated carbocycles. The van der Waals surface area contributed by atoms with Gasteiger partial charge in [-0.2, -0.15) is 4.98 Å². The highest BCUT2D eigenvalue weighted by Gasteiger charge is 2.29. The summed E-state index contributed by atoms with van der Waals surface area (Å²) in [6, 6.07) is 4.65. The number of amides is 2.